The predicted octanol–water partition coefficient (Wildman–Crippen LogP) is -0.306. The molecule has 3 nitrogen and oxygen atoms in total. The Kier molecular flexibility index (Phi) is 5.58. The average molecular weight is 146 g/mol. The lowest BCUT2D eigenvalue weighted by Crippen LogP contribution is -2.40. The van der Waals surface area contributed by atoms with Crippen LogP contribution in [0.3, 0.4) is 0 Å². The van der Waals surface area contributed by atoms with E-state index in [2.05, 4.69) is 19.2 Å². The monoisotopic (exact) mass is 146 g/mol. The molecule has 10 heavy (non-hydrogen) atoms. The van der Waals surface area contributed by atoms with Gasteiger partial charge in [-0.3, -0.25) is 0 Å². The molecular formula is C7H18N2O. The van der Waals surface area contributed by atoms with Gasteiger partial charge in [0, 0.05) is 18.6 Å². The van der Waals surface area contributed by atoms with Crippen LogP contribution in [-0.4, -0.2) is 30.3 Å². The Morgan fingerprint density at radius 1 is 1.60 bits per heavy atom. The standard InChI is InChI=1S/C7H18N2O/c1-3-6(2)9-4-7(8)5-10/h6-7,9-10H,3-5,8H2,1-2H3/t6-,7-/m1/s1. The zero-order valence-corrected chi connectivity index (χ0v) is 6.80. The molecular weight excluding hydrogens is 128 g/mol. The van der Waals surface area contributed by atoms with E-state index in [1.54, 1.807) is 0 Å². The van der Waals surface area contributed by atoms with Crippen molar-refractivity contribution < 1.29 is 5.11 Å². The van der Waals surface area contributed by atoms with Gasteiger partial charge < -0.3 is 16.2 Å². The first-order chi connectivity index (χ1) is 4.70. The van der Waals surface area contributed by atoms with Crippen LogP contribution in [0.25, 0.3) is 0 Å². The first kappa shape index (κ1) is 9.88. The molecule has 0 unspecified atom stereocenters. The van der Waals surface area contributed by atoms with Crippen LogP contribution in [0.2, 0.25) is 0 Å². The van der Waals surface area contributed by atoms with Crippen molar-refractivity contribution in [2.75, 3.05) is 13.2 Å². The van der Waals surface area contributed by atoms with Gasteiger partial charge in [0.05, 0.1) is 6.61 Å². The van der Waals surface area contributed by atoms with E-state index in [4.69, 9.17) is 10.8 Å². The molecule has 0 bridgehead atoms. The molecule has 0 aromatic heterocycles. The lowest BCUT2D eigenvalue weighted by molar-refractivity contribution is 0.259. The minimum Gasteiger partial charge on any atom is -0.395 e. The van der Waals surface area contributed by atoms with E-state index in [1.165, 1.54) is 0 Å². The molecule has 0 heterocycles. The molecule has 0 aliphatic rings. The number of nitrogens with two attached hydrogens (primary N) is 1. The van der Waals surface area contributed by atoms with Crippen LogP contribution in [0.15, 0.2) is 0 Å². The van der Waals surface area contributed by atoms with Crippen molar-refractivity contribution in [1.29, 1.82) is 0 Å². The minimum atomic E-state index is -0.117. The molecule has 0 saturated heterocycles. The molecule has 0 saturated carbocycles. The Morgan fingerprint density at radius 3 is 2.60 bits per heavy atom. The van der Waals surface area contributed by atoms with Crippen molar-refractivity contribution in [3.8, 4) is 0 Å². The molecule has 3 heteroatoms. The SMILES string of the molecule is CC[C@@H](C)NC[C@@H](N)CO. The van der Waals surface area contributed by atoms with Gasteiger partial charge in [-0.05, 0) is 13.3 Å². The van der Waals surface area contributed by atoms with E-state index >= 15 is 0 Å². The van der Waals surface area contributed by atoms with E-state index in [0.29, 0.717) is 12.6 Å². The van der Waals surface area contributed by atoms with Crippen molar-refractivity contribution in [2.45, 2.75) is 32.4 Å². The second kappa shape index (κ2) is 5.65. The Morgan fingerprint density at radius 2 is 2.20 bits per heavy atom. The van der Waals surface area contributed by atoms with Gasteiger partial charge in [0.1, 0.15) is 0 Å². The largest absolute Gasteiger partial charge is 0.395 e. The van der Waals surface area contributed by atoms with Gasteiger partial charge in [0.2, 0.25) is 0 Å². The number of hydrogen-bond acceptors (Lipinski definition) is 3. The number of aliphatic hydroxyl groups excluding tert-OH is 1. The van der Waals surface area contributed by atoms with Gasteiger partial charge in [-0.2, -0.15) is 0 Å². The maximum absolute atomic E-state index is 8.56. The van der Waals surface area contributed by atoms with Gasteiger partial charge >= 0.3 is 0 Å². The fourth-order valence-corrected chi connectivity index (χ4v) is 0.561. The molecule has 0 rings (SSSR count). The summed E-state index contributed by atoms with van der Waals surface area (Å²) in [6, 6.07) is 0.381. The normalized spacial score (nSPS) is 16.8. The Bertz CT molecular complexity index is 68.0. The lowest BCUT2D eigenvalue weighted by atomic mass is 10.2. The summed E-state index contributed by atoms with van der Waals surface area (Å²) >= 11 is 0. The topological polar surface area (TPSA) is 58.3 Å². The van der Waals surface area contributed by atoms with Crippen molar-refractivity contribution >= 4 is 0 Å². The third-order valence-electron chi connectivity index (χ3n) is 1.58. The minimum absolute atomic E-state index is 0.0590. The summed E-state index contributed by atoms with van der Waals surface area (Å²) < 4.78 is 0. The summed E-state index contributed by atoms with van der Waals surface area (Å²) in [5, 5.41) is 11.8. The summed E-state index contributed by atoms with van der Waals surface area (Å²) in [6.45, 7) is 4.97. The highest BCUT2D eigenvalue weighted by atomic mass is 16.3. The molecule has 0 spiro atoms. The molecule has 0 aromatic rings. The van der Waals surface area contributed by atoms with Crippen molar-refractivity contribution in [3.63, 3.8) is 0 Å². The van der Waals surface area contributed by atoms with Crippen LogP contribution < -0.4 is 11.1 Å². The van der Waals surface area contributed by atoms with Gasteiger partial charge in [-0.25, -0.2) is 0 Å². The maximum atomic E-state index is 8.56. The van der Waals surface area contributed by atoms with Crippen LogP contribution in [0.5, 0.6) is 0 Å². The van der Waals surface area contributed by atoms with Crippen LogP contribution in [-0.2, 0) is 0 Å². The van der Waals surface area contributed by atoms with Gasteiger partial charge in [0.15, 0.2) is 0 Å². The van der Waals surface area contributed by atoms with E-state index in [9.17, 15) is 0 Å². The van der Waals surface area contributed by atoms with E-state index in [1.807, 2.05) is 0 Å². The molecule has 0 amide bonds. The summed E-state index contributed by atoms with van der Waals surface area (Å²) in [5.41, 5.74) is 5.46. The molecule has 0 fully saturated rings. The fraction of sp³-hybridized carbons (Fsp3) is 1.00. The quantitative estimate of drug-likeness (QED) is 0.499. The molecule has 0 aromatic carbocycles. The first-order valence-corrected chi connectivity index (χ1v) is 3.80. The zero-order chi connectivity index (χ0) is 7.98. The summed E-state index contributed by atoms with van der Waals surface area (Å²) in [6.07, 6.45) is 1.10. The Labute approximate surface area is 62.6 Å². The maximum Gasteiger partial charge on any atom is 0.0594 e. The molecule has 62 valence electrons. The Balaban J connectivity index is 3.17. The van der Waals surface area contributed by atoms with Gasteiger partial charge in [-0.1, -0.05) is 6.92 Å². The van der Waals surface area contributed by atoms with Gasteiger partial charge in [-0.15, -0.1) is 0 Å². The highest BCUT2D eigenvalue weighted by Gasteiger charge is 2.01. The second-order valence-electron chi connectivity index (χ2n) is 2.66. The molecule has 0 aliphatic carbocycles. The summed E-state index contributed by atoms with van der Waals surface area (Å²) in [7, 11) is 0. The van der Waals surface area contributed by atoms with Crippen molar-refractivity contribution in [3.05, 3.63) is 0 Å². The summed E-state index contributed by atoms with van der Waals surface area (Å²) in [4.78, 5) is 0. The molecule has 0 aliphatic heterocycles. The first-order valence-electron chi connectivity index (χ1n) is 3.80. The second-order valence-corrected chi connectivity index (χ2v) is 2.66. The number of hydrogen-bond donors (Lipinski definition) is 3. The van der Waals surface area contributed by atoms with E-state index in [0.717, 1.165) is 6.42 Å². The van der Waals surface area contributed by atoms with Crippen molar-refractivity contribution in [1.82, 2.24) is 5.32 Å². The van der Waals surface area contributed by atoms with Crippen LogP contribution in [0.4, 0.5) is 0 Å². The van der Waals surface area contributed by atoms with Crippen molar-refractivity contribution in [2.24, 2.45) is 5.73 Å². The third-order valence-corrected chi connectivity index (χ3v) is 1.58. The summed E-state index contributed by atoms with van der Waals surface area (Å²) in [5.74, 6) is 0. The van der Waals surface area contributed by atoms with Crippen LogP contribution >= 0.6 is 0 Å². The van der Waals surface area contributed by atoms with Crippen LogP contribution in [0, 0.1) is 0 Å². The lowest BCUT2D eigenvalue weighted by Gasteiger charge is -2.14. The van der Waals surface area contributed by atoms with Gasteiger partial charge in [0.25, 0.3) is 0 Å². The third kappa shape index (κ3) is 4.73. The smallest absolute Gasteiger partial charge is 0.0594 e. The molecule has 0 radical (unpaired) electrons. The zero-order valence-electron chi connectivity index (χ0n) is 6.80. The number of aliphatic hydroxyl groups is 1. The number of nitrogens with one attached hydrogen (secondary N) is 1. The highest BCUT2D eigenvalue weighted by molar-refractivity contribution is 4.65. The molecule has 2 atom stereocenters. The van der Waals surface area contributed by atoms with E-state index in [-0.39, 0.29) is 12.6 Å². The average Bonchev–Trinajstić information content (AvgIpc) is 1.99. The van der Waals surface area contributed by atoms with E-state index < -0.39 is 0 Å². The molecule has 4 N–H and O–H groups in total. The predicted molar refractivity (Wildman–Crippen MR) is 42.8 cm³/mol. The fourth-order valence-electron chi connectivity index (χ4n) is 0.561. The Hall–Kier alpha value is -0.120. The highest BCUT2D eigenvalue weighted by Crippen LogP contribution is 1.86. The van der Waals surface area contributed by atoms with Crippen LogP contribution in [0.1, 0.15) is 20.3 Å². The number of rotatable bonds is 5.